The molecule has 0 aliphatic heterocycles. The molecule has 0 aliphatic rings. The lowest BCUT2D eigenvalue weighted by molar-refractivity contribution is 0.240. The van der Waals surface area contributed by atoms with Crippen molar-refractivity contribution in [2.45, 2.75) is 13.0 Å². The van der Waals surface area contributed by atoms with Crippen molar-refractivity contribution in [3.8, 4) is 17.2 Å². The topological polar surface area (TPSA) is 81.7 Å². The Morgan fingerprint density at radius 3 is 2.32 bits per heavy atom. The van der Waals surface area contributed by atoms with E-state index in [9.17, 15) is 4.79 Å². The van der Waals surface area contributed by atoms with Gasteiger partial charge >= 0.3 is 6.03 Å². The van der Waals surface area contributed by atoms with Crippen LogP contribution in [0.25, 0.3) is 0 Å². The van der Waals surface area contributed by atoms with E-state index in [2.05, 4.69) is 15.6 Å². The molecule has 2 rings (SSSR count). The maximum Gasteiger partial charge on any atom is 0.315 e. The summed E-state index contributed by atoms with van der Waals surface area (Å²) >= 11 is 0. The number of methoxy groups -OCH3 is 3. The van der Waals surface area contributed by atoms with Gasteiger partial charge in [0.2, 0.25) is 5.75 Å². The van der Waals surface area contributed by atoms with Crippen molar-refractivity contribution in [2.24, 2.45) is 0 Å². The molecule has 1 heterocycles. The van der Waals surface area contributed by atoms with Crippen molar-refractivity contribution in [2.75, 3.05) is 27.9 Å². The Labute approximate surface area is 147 Å². The standard InChI is InChI=1S/C18H23N3O4/c1-23-15-9-13(10-16(24-2)17(15)25-3)6-8-20-18(22)21-12-14-5-4-7-19-11-14/h4-5,7,9-11H,6,8,12H2,1-3H3,(H2,20,21,22). The first-order chi connectivity index (χ1) is 12.2. The summed E-state index contributed by atoms with van der Waals surface area (Å²) in [6.07, 6.45) is 4.05. The lowest BCUT2D eigenvalue weighted by Crippen LogP contribution is -2.36. The molecule has 7 heteroatoms. The van der Waals surface area contributed by atoms with Crippen molar-refractivity contribution in [3.63, 3.8) is 0 Å². The van der Waals surface area contributed by atoms with Crippen molar-refractivity contribution in [1.82, 2.24) is 15.6 Å². The summed E-state index contributed by atoms with van der Waals surface area (Å²) in [4.78, 5) is 15.8. The van der Waals surface area contributed by atoms with E-state index < -0.39 is 0 Å². The predicted molar refractivity (Wildman–Crippen MR) is 94.3 cm³/mol. The third-order valence-corrected chi connectivity index (χ3v) is 3.60. The molecule has 0 radical (unpaired) electrons. The Morgan fingerprint density at radius 2 is 1.76 bits per heavy atom. The zero-order valence-electron chi connectivity index (χ0n) is 14.7. The SMILES string of the molecule is COc1cc(CCNC(=O)NCc2cccnc2)cc(OC)c1OC. The first-order valence-electron chi connectivity index (χ1n) is 7.87. The van der Waals surface area contributed by atoms with Crippen LogP contribution in [0.4, 0.5) is 4.79 Å². The van der Waals surface area contributed by atoms with Crippen LogP contribution in [0.1, 0.15) is 11.1 Å². The van der Waals surface area contributed by atoms with E-state index in [1.807, 2.05) is 24.3 Å². The molecule has 2 amide bonds. The van der Waals surface area contributed by atoms with Gasteiger partial charge in [0.05, 0.1) is 21.3 Å². The van der Waals surface area contributed by atoms with E-state index in [4.69, 9.17) is 14.2 Å². The molecule has 134 valence electrons. The number of urea groups is 1. The molecular weight excluding hydrogens is 322 g/mol. The number of nitrogens with one attached hydrogen (secondary N) is 2. The molecule has 0 saturated heterocycles. The minimum absolute atomic E-state index is 0.226. The highest BCUT2D eigenvalue weighted by Gasteiger charge is 2.13. The van der Waals surface area contributed by atoms with Gasteiger partial charge in [0, 0.05) is 25.5 Å². The number of carbonyl (C=O) groups is 1. The molecule has 1 aromatic carbocycles. The van der Waals surface area contributed by atoms with Crippen molar-refractivity contribution >= 4 is 6.03 Å². The van der Waals surface area contributed by atoms with Crippen LogP contribution in [-0.2, 0) is 13.0 Å². The fourth-order valence-electron chi connectivity index (χ4n) is 2.35. The Bertz CT molecular complexity index is 667. The molecule has 25 heavy (non-hydrogen) atoms. The normalized spacial score (nSPS) is 10.0. The molecule has 0 spiro atoms. The largest absolute Gasteiger partial charge is 0.493 e. The maximum absolute atomic E-state index is 11.8. The smallest absolute Gasteiger partial charge is 0.315 e. The van der Waals surface area contributed by atoms with Gasteiger partial charge < -0.3 is 24.8 Å². The second-order valence-corrected chi connectivity index (χ2v) is 5.25. The number of benzene rings is 1. The van der Waals surface area contributed by atoms with E-state index in [-0.39, 0.29) is 6.03 Å². The summed E-state index contributed by atoms with van der Waals surface area (Å²) in [5.41, 5.74) is 1.92. The van der Waals surface area contributed by atoms with E-state index in [1.165, 1.54) is 0 Å². The van der Waals surface area contributed by atoms with Gasteiger partial charge in [-0.25, -0.2) is 4.79 Å². The molecule has 7 nitrogen and oxygen atoms in total. The number of nitrogens with zero attached hydrogens (tertiary/aromatic N) is 1. The Kier molecular flexibility index (Phi) is 6.88. The van der Waals surface area contributed by atoms with Crippen LogP contribution in [-0.4, -0.2) is 38.9 Å². The maximum atomic E-state index is 11.8. The van der Waals surface area contributed by atoms with Crippen LogP contribution in [0.15, 0.2) is 36.7 Å². The molecule has 2 N–H and O–H groups in total. The molecule has 0 bridgehead atoms. The third kappa shape index (κ3) is 5.27. The summed E-state index contributed by atoms with van der Waals surface area (Å²) in [7, 11) is 4.71. The monoisotopic (exact) mass is 345 g/mol. The summed E-state index contributed by atoms with van der Waals surface area (Å²) in [6.45, 7) is 0.918. The Morgan fingerprint density at radius 1 is 1.04 bits per heavy atom. The first kappa shape index (κ1) is 18.4. The van der Waals surface area contributed by atoms with Crippen molar-refractivity contribution < 1.29 is 19.0 Å². The van der Waals surface area contributed by atoms with E-state index in [0.717, 1.165) is 11.1 Å². The highest BCUT2D eigenvalue weighted by atomic mass is 16.5. The average molecular weight is 345 g/mol. The molecular formula is C18H23N3O4. The molecule has 0 saturated carbocycles. The molecule has 0 aliphatic carbocycles. The van der Waals surface area contributed by atoms with Crippen molar-refractivity contribution in [1.29, 1.82) is 0 Å². The minimum Gasteiger partial charge on any atom is -0.493 e. The molecule has 1 aromatic heterocycles. The number of carbonyl (C=O) groups excluding carboxylic acids is 1. The molecule has 0 fully saturated rings. The van der Waals surface area contributed by atoms with Gasteiger partial charge in [0.25, 0.3) is 0 Å². The number of rotatable bonds is 8. The fraction of sp³-hybridized carbons (Fsp3) is 0.333. The number of pyridine rings is 1. The lowest BCUT2D eigenvalue weighted by Gasteiger charge is -2.14. The number of aromatic nitrogens is 1. The highest BCUT2D eigenvalue weighted by molar-refractivity contribution is 5.73. The second kappa shape index (κ2) is 9.36. The van der Waals surface area contributed by atoms with Gasteiger partial charge in [-0.2, -0.15) is 0 Å². The average Bonchev–Trinajstić information content (AvgIpc) is 2.66. The van der Waals surface area contributed by atoms with Gasteiger partial charge in [-0.05, 0) is 35.7 Å². The van der Waals surface area contributed by atoms with Gasteiger partial charge in [0.1, 0.15) is 0 Å². The molecule has 0 atom stereocenters. The number of hydrogen-bond acceptors (Lipinski definition) is 5. The Hall–Kier alpha value is -2.96. The molecule has 2 aromatic rings. The van der Waals surface area contributed by atoms with E-state index in [0.29, 0.717) is 36.8 Å². The summed E-state index contributed by atoms with van der Waals surface area (Å²) < 4.78 is 15.9. The van der Waals surface area contributed by atoms with Crippen LogP contribution in [0, 0.1) is 0 Å². The zero-order chi connectivity index (χ0) is 18.1. The lowest BCUT2D eigenvalue weighted by atomic mass is 10.1. The summed E-state index contributed by atoms with van der Waals surface area (Å²) in [6, 6.07) is 7.26. The van der Waals surface area contributed by atoms with Gasteiger partial charge in [-0.3, -0.25) is 4.98 Å². The first-order valence-corrected chi connectivity index (χ1v) is 7.87. The van der Waals surface area contributed by atoms with Gasteiger partial charge in [0.15, 0.2) is 11.5 Å². The van der Waals surface area contributed by atoms with Crippen LogP contribution in [0.3, 0.4) is 0 Å². The van der Waals surface area contributed by atoms with E-state index >= 15 is 0 Å². The quantitative estimate of drug-likeness (QED) is 0.766. The summed E-state index contributed by atoms with van der Waals surface area (Å²) in [5, 5.41) is 5.61. The number of amides is 2. The van der Waals surface area contributed by atoms with Crippen LogP contribution in [0.5, 0.6) is 17.2 Å². The van der Waals surface area contributed by atoms with Crippen LogP contribution < -0.4 is 24.8 Å². The van der Waals surface area contributed by atoms with Gasteiger partial charge in [-0.1, -0.05) is 6.07 Å². The third-order valence-electron chi connectivity index (χ3n) is 3.60. The zero-order valence-corrected chi connectivity index (χ0v) is 14.7. The van der Waals surface area contributed by atoms with Gasteiger partial charge in [-0.15, -0.1) is 0 Å². The Balaban J connectivity index is 1.85. The fourth-order valence-corrected chi connectivity index (χ4v) is 2.35. The summed E-state index contributed by atoms with van der Waals surface area (Å²) in [5.74, 6) is 1.74. The van der Waals surface area contributed by atoms with E-state index in [1.54, 1.807) is 33.7 Å². The van der Waals surface area contributed by atoms with Crippen molar-refractivity contribution in [3.05, 3.63) is 47.8 Å². The second-order valence-electron chi connectivity index (χ2n) is 5.25. The molecule has 0 unspecified atom stereocenters. The van der Waals surface area contributed by atoms with Crippen LogP contribution in [0.2, 0.25) is 0 Å². The number of hydrogen-bond donors (Lipinski definition) is 2. The minimum atomic E-state index is -0.226. The number of ether oxygens (including phenoxy) is 3. The highest BCUT2D eigenvalue weighted by Crippen LogP contribution is 2.38. The van der Waals surface area contributed by atoms with Crippen LogP contribution >= 0.6 is 0 Å². The predicted octanol–water partition coefficient (Wildman–Crippen LogP) is 2.15.